The zero-order valence-corrected chi connectivity index (χ0v) is 9.99. The van der Waals surface area contributed by atoms with Crippen molar-refractivity contribution in [3.05, 3.63) is 12.7 Å². The Morgan fingerprint density at radius 2 is 2.20 bits per heavy atom. The van der Waals surface area contributed by atoms with Crippen molar-refractivity contribution in [3.8, 4) is 0 Å². The molecule has 2 heteroatoms. The van der Waals surface area contributed by atoms with E-state index >= 15 is 0 Å². The van der Waals surface area contributed by atoms with E-state index in [1.165, 1.54) is 25.8 Å². The van der Waals surface area contributed by atoms with Crippen LogP contribution in [0.15, 0.2) is 12.7 Å². The molecule has 15 heavy (non-hydrogen) atoms. The molecule has 1 rings (SSSR count). The lowest BCUT2D eigenvalue weighted by Crippen LogP contribution is -2.43. The van der Waals surface area contributed by atoms with Gasteiger partial charge in [0.15, 0.2) is 0 Å². The first-order chi connectivity index (χ1) is 7.24. The van der Waals surface area contributed by atoms with Crippen molar-refractivity contribution in [1.82, 2.24) is 4.90 Å². The first kappa shape index (κ1) is 12.7. The van der Waals surface area contributed by atoms with Crippen LogP contribution >= 0.6 is 0 Å². The average molecular weight is 211 g/mol. The molecule has 1 aliphatic heterocycles. The number of likely N-dealkylation sites (tertiary alicyclic amines) is 1. The molecule has 0 aromatic heterocycles. The Balaban J connectivity index is 2.04. The third-order valence-electron chi connectivity index (χ3n) is 3.39. The number of aliphatic hydroxyl groups excluding tert-OH is 1. The van der Waals surface area contributed by atoms with Crippen molar-refractivity contribution in [1.29, 1.82) is 0 Å². The standard InChI is InChI=1S/C13H25NO/c1-3-4-5-6-7-9-14-10-8-12(2)13(15)11-14/h3,12-13,15H,1,4-11H2,2H3. The minimum Gasteiger partial charge on any atom is -0.392 e. The van der Waals surface area contributed by atoms with Gasteiger partial charge < -0.3 is 10.0 Å². The summed E-state index contributed by atoms with van der Waals surface area (Å²) >= 11 is 0. The highest BCUT2D eigenvalue weighted by molar-refractivity contribution is 4.77. The molecule has 2 unspecified atom stereocenters. The van der Waals surface area contributed by atoms with Gasteiger partial charge in [-0.15, -0.1) is 6.58 Å². The monoisotopic (exact) mass is 211 g/mol. The molecular formula is C13H25NO. The molecule has 1 fully saturated rings. The molecule has 0 spiro atoms. The molecular weight excluding hydrogens is 186 g/mol. The smallest absolute Gasteiger partial charge is 0.0693 e. The summed E-state index contributed by atoms with van der Waals surface area (Å²) < 4.78 is 0. The summed E-state index contributed by atoms with van der Waals surface area (Å²) in [5.74, 6) is 0.488. The maximum absolute atomic E-state index is 9.73. The third-order valence-corrected chi connectivity index (χ3v) is 3.39. The van der Waals surface area contributed by atoms with E-state index in [0.29, 0.717) is 5.92 Å². The van der Waals surface area contributed by atoms with Crippen molar-refractivity contribution in [3.63, 3.8) is 0 Å². The number of allylic oxidation sites excluding steroid dienone is 1. The molecule has 0 aromatic rings. The van der Waals surface area contributed by atoms with Gasteiger partial charge in [-0.05, 0) is 44.7 Å². The van der Waals surface area contributed by atoms with Crippen molar-refractivity contribution >= 4 is 0 Å². The molecule has 2 atom stereocenters. The lowest BCUT2D eigenvalue weighted by molar-refractivity contribution is 0.0286. The predicted molar refractivity (Wildman–Crippen MR) is 64.9 cm³/mol. The average Bonchev–Trinajstić information content (AvgIpc) is 2.23. The molecule has 2 nitrogen and oxygen atoms in total. The topological polar surface area (TPSA) is 23.5 Å². The molecule has 1 saturated heterocycles. The van der Waals surface area contributed by atoms with Crippen molar-refractivity contribution in [2.75, 3.05) is 19.6 Å². The van der Waals surface area contributed by atoms with Crippen LogP contribution in [0.2, 0.25) is 0 Å². The second kappa shape index (κ2) is 7.02. The Kier molecular flexibility index (Phi) is 5.96. The Hall–Kier alpha value is -0.340. The highest BCUT2D eigenvalue weighted by Crippen LogP contribution is 2.17. The van der Waals surface area contributed by atoms with Crippen LogP contribution in [-0.2, 0) is 0 Å². The fourth-order valence-corrected chi connectivity index (χ4v) is 2.12. The van der Waals surface area contributed by atoms with E-state index in [0.717, 1.165) is 25.9 Å². The molecule has 0 aliphatic carbocycles. The summed E-state index contributed by atoms with van der Waals surface area (Å²) in [6, 6.07) is 0. The number of piperidine rings is 1. The third kappa shape index (κ3) is 4.80. The van der Waals surface area contributed by atoms with Crippen LogP contribution in [0.25, 0.3) is 0 Å². The van der Waals surface area contributed by atoms with Crippen LogP contribution < -0.4 is 0 Å². The van der Waals surface area contributed by atoms with Crippen molar-refractivity contribution in [2.24, 2.45) is 5.92 Å². The van der Waals surface area contributed by atoms with Gasteiger partial charge in [0.05, 0.1) is 6.10 Å². The van der Waals surface area contributed by atoms with Gasteiger partial charge in [-0.1, -0.05) is 19.4 Å². The maximum atomic E-state index is 9.73. The van der Waals surface area contributed by atoms with Gasteiger partial charge in [-0.25, -0.2) is 0 Å². The van der Waals surface area contributed by atoms with E-state index in [9.17, 15) is 5.11 Å². The first-order valence-corrected chi connectivity index (χ1v) is 6.25. The van der Waals surface area contributed by atoms with Crippen LogP contribution in [0.4, 0.5) is 0 Å². The van der Waals surface area contributed by atoms with Crippen LogP contribution in [0.1, 0.15) is 39.0 Å². The van der Waals surface area contributed by atoms with Crippen LogP contribution in [0.3, 0.4) is 0 Å². The van der Waals surface area contributed by atoms with Gasteiger partial charge in [0.25, 0.3) is 0 Å². The van der Waals surface area contributed by atoms with Crippen LogP contribution in [-0.4, -0.2) is 35.7 Å². The number of hydrogen-bond donors (Lipinski definition) is 1. The lowest BCUT2D eigenvalue weighted by Gasteiger charge is -2.34. The van der Waals surface area contributed by atoms with E-state index in [2.05, 4.69) is 18.4 Å². The van der Waals surface area contributed by atoms with Gasteiger partial charge in [0, 0.05) is 6.54 Å². The molecule has 1 N–H and O–H groups in total. The fraction of sp³-hybridized carbons (Fsp3) is 0.846. The predicted octanol–water partition coefficient (Wildman–Crippen LogP) is 2.44. The number of unbranched alkanes of at least 4 members (excludes halogenated alkanes) is 3. The summed E-state index contributed by atoms with van der Waals surface area (Å²) in [5.41, 5.74) is 0. The van der Waals surface area contributed by atoms with Crippen LogP contribution in [0.5, 0.6) is 0 Å². The number of hydrogen-bond acceptors (Lipinski definition) is 2. The zero-order valence-electron chi connectivity index (χ0n) is 9.99. The summed E-state index contributed by atoms with van der Waals surface area (Å²) in [5, 5.41) is 9.73. The van der Waals surface area contributed by atoms with Crippen LogP contribution in [0, 0.1) is 5.92 Å². The largest absolute Gasteiger partial charge is 0.392 e. The number of aliphatic hydroxyl groups is 1. The van der Waals surface area contributed by atoms with E-state index in [1.807, 2.05) is 6.08 Å². The lowest BCUT2D eigenvalue weighted by atomic mass is 9.96. The van der Waals surface area contributed by atoms with Gasteiger partial charge in [0.1, 0.15) is 0 Å². The van der Waals surface area contributed by atoms with E-state index < -0.39 is 0 Å². The minimum absolute atomic E-state index is 0.105. The minimum atomic E-state index is -0.105. The van der Waals surface area contributed by atoms with E-state index in [1.54, 1.807) is 0 Å². The quantitative estimate of drug-likeness (QED) is 0.539. The maximum Gasteiger partial charge on any atom is 0.0693 e. The highest BCUT2D eigenvalue weighted by atomic mass is 16.3. The molecule has 0 aromatic carbocycles. The molecule has 0 saturated carbocycles. The molecule has 0 amide bonds. The Bertz CT molecular complexity index is 181. The number of β-amino-alcohol motifs (C(OH)–C–C–N with tert-alkyl or cyclic N) is 1. The molecule has 1 heterocycles. The summed E-state index contributed by atoms with van der Waals surface area (Å²) in [4.78, 5) is 2.40. The molecule has 1 aliphatic rings. The van der Waals surface area contributed by atoms with Gasteiger partial charge in [0.2, 0.25) is 0 Å². The van der Waals surface area contributed by atoms with Gasteiger partial charge in [-0.3, -0.25) is 0 Å². The second-order valence-electron chi connectivity index (χ2n) is 4.77. The SMILES string of the molecule is C=CCCCCCN1CCC(C)C(O)C1. The Morgan fingerprint density at radius 3 is 2.87 bits per heavy atom. The van der Waals surface area contributed by atoms with Crippen molar-refractivity contribution in [2.45, 2.75) is 45.1 Å². The second-order valence-corrected chi connectivity index (χ2v) is 4.77. The van der Waals surface area contributed by atoms with Gasteiger partial charge in [-0.2, -0.15) is 0 Å². The fourth-order valence-electron chi connectivity index (χ4n) is 2.12. The zero-order chi connectivity index (χ0) is 11.1. The highest BCUT2D eigenvalue weighted by Gasteiger charge is 2.23. The normalized spacial score (nSPS) is 27.9. The molecule has 88 valence electrons. The van der Waals surface area contributed by atoms with Crippen molar-refractivity contribution < 1.29 is 5.11 Å². The summed E-state index contributed by atoms with van der Waals surface area (Å²) in [7, 11) is 0. The Morgan fingerprint density at radius 1 is 1.40 bits per heavy atom. The summed E-state index contributed by atoms with van der Waals surface area (Å²) in [6.07, 6.45) is 7.98. The summed E-state index contributed by atoms with van der Waals surface area (Å²) in [6.45, 7) is 9.07. The Labute approximate surface area is 94.0 Å². The van der Waals surface area contributed by atoms with E-state index in [-0.39, 0.29) is 6.10 Å². The van der Waals surface area contributed by atoms with Gasteiger partial charge >= 0.3 is 0 Å². The van der Waals surface area contributed by atoms with E-state index in [4.69, 9.17) is 0 Å². The molecule has 0 radical (unpaired) electrons. The first-order valence-electron chi connectivity index (χ1n) is 6.25. The molecule has 0 bridgehead atoms. The number of nitrogens with zero attached hydrogens (tertiary/aromatic N) is 1. The number of rotatable bonds is 6.